The second-order valence-electron chi connectivity index (χ2n) is 5.66. The van der Waals surface area contributed by atoms with Crippen molar-refractivity contribution in [1.29, 1.82) is 0 Å². The summed E-state index contributed by atoms with van der Waals surface area (Å²) in [6, 6.07) is 14.1. The lowest BCUT2D eigenvalue weighted by Crippen LogP contribution is -2.20. The SMILES string of the molecule is CC(C)c1ccc(C(CN)C(O)c2cccc(F)c2)cc1. The number of aliphatic hydroxyl groups excluding tert-OH is 1. The van der Waals surface area contributed by atoms with Crippen molar-refractivity contribution < 1.29 is 9.50 Å². The number of benzene rings is 2. The van der Waals surface area contributed by atoms with Crippen LogP contribution in [-0.4, -0.2) is 11.7 Å². The molecule has 0 aromatic heterocycles. The van der Waals surface area contributed by atoms with E-state index < -0.39 is 6.10 Å². The van der Waals surface area contributed by atoms with Crippen molar-refractivity contribution in [3.8, 4) is 0 Å². The number of rotatable bonds is 5. The molecule has 2 atom stereocenters. The first kappa shape index (κ1) is 15.7. The van der Waals surface area contributed by atoms with Gasteiger partial charge in [0.25, 0.3) is 0 Å². The Morgan fingerprint density at radius 2 is 1.62 bits per heavy atom. The van der Waals surface area contributed by atoms with Crippen LogP contribution in [-0.2, 0) is 0 Å². The predicted octanol–water partition coefficient (Wildman–Crippen LogP) is 3.73. The van der Waals surface area contributed by atoms with Gasteiger partial charge in [-0.15, -0.1) is 0 Å². The van der Waals surface area contributed by atoms with Crippen LogP contribution in [0.2, 0.25) is 0 Å². The van der Waals surface area contributed by atoms with Gasteiger partial charge in [0.2, 0.25) is 0 Å². The van der Waals surface area contributed by atoms with Gasteiger partial charge in [-0.3, -0.25) is 0 Å². The number of aliphatic hydroxyl groups is 1. The molecule has 0 aliphatic rings. The summed E-state index contributed by atoms with van der Waals surface area (Å²) in [6.45, 7) is 4.58. The average Bonchev–Trinajstić information content (AvgIpc) is 2.48. The molecule has 0 spiro atoms. The Morgan fingerprint density at radius 3 is 2.14 bits per heavy atom. The van der Waals surface area contributed by atoms with Gasteiger partial charge in [-0.25, -0.2) is 4.39 Å². The lowest BCUT2D eigenvalue weighted by Gasteiger charge is -2.23. The van der Waals surface area contributed by atoms with E-state index in [4.69, 9.17) is 5.73 Å². The van der Waals surface area contributed by atoms with Crippen molar-refractivity contribution in [3.05, 3.63) is 71.0 Å². The maximum atomic E-state index is 13.3. The molecule has 0 saturated heterocycles. The minimum Gasteiger partial charge on any atom is -0.388 e. The van der Waals surface area contributed by atoms with Crippen LogP contribution in [0.4, 0.5) is 4.39 Å². The van der Waals surface area contributed by atoms with E-state index in [1.807, 2.05) is 12.1 Å². The van der Waals surface area contributed by atoms with Crippen molar-refractivity contribution >= 4 is 0 Å². The smallest absolute Gasteiger partial charge is 0.123 e. The number of nitrogens with two attached hydrogens (primary N) is 1. The topological polar surface area (TPSA) is 46.2 Å². The second-order valence-corrected chi connectivity index (χ2v) is 5.66. The van der Waals surface area contributed by atoms with Gasteiger partial charge >= 0.3 is 0 Å². The first-order valence-corrected chi connectivity index (χ1v) is 7.26. The molecule has 2 rings (SSSR count). The highest BCUT2D eigenvalue weighted by Crippen LogP contribution is 2.31. The lowest BCUT2D eigenvalue weighted by atomic mass is 9.88. The molecule has 0 radical (unpaired) electrons. The summed E-state index contributed by atoms with van der Waals surface area (Å²) in [5.74, 6) is -0.131. The van der Waals surface area contributed by atoms with Gasteiger partial charge < -0.3 is 10.8 Å². The molecular formula is C18H22FNO. The number of hydrogen-bond acceptors (Lipinski definition) is 2. The van der Waals surface area contributed by atoms with E-state index in [2.05, 4.69) is 26.0 Å². The van der Waals surface area contributed by atoms with Crippen LogP contribution in [0.5, 0.6) is 0 Å². The zero-order valence-corrected chi connectivity index (χ0v) is 12.5. The Morgan fingerprint density at radius 1 is 1.00 bits per heavy atom. The highest BCUT2D eigenvalue weighted by molar-refractivity contribution is 5.31. The van der Waals surface area contributed by atoms with Crippen molar-refractivity contribution in [1.82, 2.24) is 0 Å². The van der Waals surface area contributed by atoms with Crippen molar-refractivity contribution in [3.63, 3.8) is 0 Å². The first-order valence-electron chi connectivity index (χ1n) is 7.26. The van der Waals surface area contributed by atoms with Gasteiger partial charge in [0.1, 0.15) is 5.82 Å². The van der Waals surface area contributed by atoms with Crippen molar-refractivity contribution in [2.24, 2.45) is 5.73 Å². The van der Waals surface area contributed by atoms with Crippen LogP contribution in [0.1, 0.15) is 48.5 Å². The van der Waals surface area contributed by atoms with Crippen LogP contribution in [0.25, 0.3) is 0 Å². The zero-order valence-electron chi connectivity index (χ0n) is 12.5. The molecule has 112 valence electrons. The second kappa shape index (κ2) is 6.83. The van der Waals surface area contributed by atoms with E-state index in [1.54, 1.807) is 12.1 Å². The van der Waals surface area contributed by atoms with Crippen LogP contribution in [0.3, 0.4) is 0 Å². The fourth-order valence-electron chi connectivity index (χ4n) is 2.50. The third-order valence-corrected chi connectivity index (χ3v) is 3.86. The van der Waals surface area contributed by atoms with E-state index in [0.29, 0.717) is 18.0 Å². The summed E-state index contributed by atoms with van der Waals surface area (Å²) in [4.78, 5) is 0. The Hall–Kier alpha value is -1.71. The van der Waals surface area contributed by atoms with Crippen molar-refractivity contribution in [2.45, 2.75) is 31.8 Å². The Balaban J connectivity index is 2.26. The quantitative estimate of drug-likeness (QED) is 0.880. The predicted molar refractivity (Wildman–Crippen MR) is 83.7 cm³/mol. The fraction of sp³-hybridized carbons (Fsp3) is 0.333. The standard InChI is InChI=1S/C18H22FNO/c1-12(2)13-6-8-14(9-7-13)17(11-20)18(21)15-4-3-5-16(19)10-15/h3-10,12,17-18,21H,11,20H2,1-2H3. The fourth-order valence-corrected chi connectivity index (χ4v) is 2.50. The molecule has 0 bridgehead atoms. The van der Waals surface area contributed by atoms with E-state index in [9.17, 15) is 9.50 Å². The molecule has 3 N–H and O–H groups in total. The van der Waals surface area contributed by atoms with Gasteiger partial charge in [-0.1, -0.05) is 50.2 Å². The minimum absolute atomic E-state index is 0.243. The number of hydrogen-bond donors (Lipinski definition) is 2. The molecule has 2 aromatic rings. The van der Waals surface area contributed by atoms with E-state index in [-0.39, 0.29) is 11.7 Å². The molecule has 0 aliphatic carbocycles. The Bertz CT molecular complexity index is 580. The molecule has 0 amide bonds. The van der Waals surface area contributed by atoms with Crippen LogP contribution in [0.15, 0.2) is 48.5 Å². The normalized spacial score (nSPS) is 14.2. The lowest BCUT2D eigenvalue weighted by molar-refractivity contribution is 0.147. The maximum absolute atomic E-state index is 13.3. The summed E-state index contributed by atoms with van der Waals surface area (Å²) in [7, 11) is 0. The molecule has 2 nitrogen and oxygen atoms in total. The summed E-state index contributed by atoms with van der Waals surface area (Å²) >= 11 is 0. The molecule has 0 fully saturated rings. The zero-order chi connectivity index (χ0) is 15.4. The molecular weight excluding hydrogens is 265 g/mol. The summed E-state index contributed by atoms with van der Waals surface area (Å²) < 4.78 is 13.3. The van der Waals surface area contributed by atoms with E-state index in [0.717, 1.165) is 5.56 Å². The van der Waals surface area contributed by atoms with Crippen LogP contribution >= 0.6 is 0 Å². The Labute approximate surface area is 125 Å². The average molecular weight is 287 g/mol. The van der Waals surface area contributed by atoms with Crippen molar-refractivity contribution in [2.75, 3.05) is 6.54 Å². The van der Waals surface area contributed by atoms with Gasteiger partial charge in [0.05, 0.1) is 6.10 Å². The highest BCUT2D eigenvalue weighted by Gasteiger charge is 2.22. The van der Waals surface area contributed by atoms with Gasteiger partial charge in [-0.2, -0.15) is 0 Å². The molecule has 0 aliphatic heterocycles. The third-order valence-electron chi connectivity index (χ3n) is 3.86. The van der Waals surface area contributed by atoms with Gasteiger partial charge in [0.15, 0.2) is 0 Å². The molecule has 0 saturated carbocycles. The molecule has 2 aromatic carbocycles. The van der Waals surface area contributed by atoms with Gasteiger partial charge in [0, 0.05) is 12.5 Å². The Kier molecular flexibility index (Phi) is 5.10. The largest absolute Gasteiger partial charge is 0.388 e. The first-order chi connectivity index (χ1) is 10.0. The van der Waals surface area contributed by atoms with Gasteiger partial charge in [-0.05, 0) is 34.7 Å². The van der Waals surface area contributed by atoms with Crippen LogP contribution in [0, 0.1) is 5.82 Å². The third kappa shape index (κ3) is 3.69. The van der Waals surface area contributed by atoms with Crippen LogP contribution < -0.4 is 5.73 Å². The maximum Gasteiger partial charge on any atom is 0.123 e. The summed E-state index contributed by atoms with van der Waals surface area (Å²) in [5, 5.41) is 10.5. The van der Waals surface area contributed by atoms with E-state index in [1.165, 1.54) is 17.7 Å². The molecule has 21 heavy (non-hydrogen) atoms. The molecule has 2 unspecified atom stereocenters. The summed E-state index contributed by atoms with van der Waals surface area (Å²) in [6.07, 6.45) is -0.810. The number of halogens is 1. The monoisotopic (exact) mass is 287 g/mol. The minimum atomic E-state index is -0.810. The molecule has 3 heteroatoms. The van der Waals surface area contributed by atoms with E-state index >= 15 is 0 Å². The highest BCUT2D eigenvalue weighted by atomic mass is 19.1. The molecule has 0 heterocycles. The summed E-state index contributed by atoms with van der Waals surface area (Å²) in [5.41, 5.74) is 8.60.